The summed E-state index contributed by atoms with van der Waals surface area (Å²) in [6, 6.07) is 3.03. The molecular formula is C9H13ClN4O. The summed E-state index contributed by atoms with van der Waals surface area (Å²) in [6.45, 7) is 1.93. The van der Waals surface area contributed by atoms with Crippen LogP contribution in [-0.2, 0) is 4.79 Å². The van der Waals surface area contributed by atoms with Gasteiger partial charge in [-0.15, -0.1) is 10.2 Å². The van der Waals surface area contributed by atoms with Gasteiger partial charge in [0.05, 0.1) is 0 Å². The number of carbonyl (C=O) groups is 1. The Kier molecular flexibility index (Phi) is 4.45. The highest BCUT2D eigenvalue weighted by molar-refractivity contribution is 6.29. The van der Waals surface area contributed by atoms with Gasteiger partial charge in [0.1, 0.15) is 0 Å². The average Bonchev–Trinajstić information content (AvgIpc) is 2.21. The Morgan fingerprint density at radius 3 is 2.87 bits per heavy atom. The number of halogens is 1. The molecule has 15 heavy (non-hydrogen) atoms. The molecule has 82 valence electrons. The Labute approximate surface area is 93.0 Å². The van der Waals surface area contributed by atoms with Crippen LogP contribution in [-0.4, -0.2) is 22.1 Å². The van der Waals surface area contributed by atoms with Crippen molar-refractivity contribution >= 4 is 23.3 Å². The summed E-state index contributed by atoms with van der Waals surface area (Å²) in [5.74, 6) is 0.216. The molecule has 0 saturated carbocycles. The van der Waals surface area contributed by atoms with Gasteiger partial charge in [-0.25, -0.2) is 0 Å². The number of nitrogens with zero attached hydrogens (tertiary/aromatic N) is 2. The van der Waals surface area contributed by atoms with E-state index in [2.05, 4.69) is 15.5 Å². The standard InChI is InChI=1S/C9H13ClN4O/c1-2-6(11)5-9(15)12-8-4-3-7(10)13-14-8/h3-4,6H,2,5,11H2,1H3,(H,12,14,15). The molecule has 1 aromatic rings. The minimum absolute atomic E-state index is 0.120. The quantitative estimate of drug-likeness (QED) is 0.811. The number of hydrogen-bond acceptors (Lipinski definition) is 4. The molecule has 1 atom stereocenters. The zero-order valence-electron chi connectivity index (χ0n) is 8.40. The van der Waals surface area contributed by atoms with Crippen LogP contribution in [0.3, 0.4) is 0 Å². The van der Waals surface area contributed by atoms with Crippen molar-refractivity contribution in [2.24, 2.45) is 5.73 Å². The van der Waals surface area contributed by atoms with Gasteiger partial charge >= 0.3 is 0 Å². The largest absolute Gasteiger partial charge is 0.327 e. The fourth-order valence-corrected chi connectivity index (χ4v) is 1.06. The van der Waals surface area contributed by atoms with Crippen LogP contribution in [0.5, 0.6) is 0 Å². The van der Waals surface area contributed by atoms with Crippen molar-refractivity contribution in [3.05, 3.63) is 17.3 Å². The first-order valence-corrected chi connectivity index (χ1v) is 5.04. The van der Waals surface area contributed by atoms with E-state index in [0.29, 0.717) is 11.0 Å². The Morgan fingerprint density at radius 2 is 2.33 bits per heavy atom. The lowest BCUT2D eigenvalue weighted by atomic mass is 10.1. The second-order valence-corrected chi connectivity index (χ2v) is 3.55. The number of carbonyl (C=O) groups excluding carboxylic acids is 1. The van der Waals surface area contributed by atoms with Crippen molar-refractivity contribution in [2.45, 2.75) is 25.8 Å². The molecule has 0 saturated heterocycles. The topological polar surface area (TPSA) is 80.9 Å². The van der Waals surface area contributed by atoms with Gasteiger partial charge in [0.25, 0.3) is 0 Å². The van der Waals surface area contributed by atoms with Crippen LogP contribution in [0.15, 0.2) is 12.1 Å². The van der Waals surface area contributed by atoms with Gasteiger partial charge in [0, 0.05) is 12.5 Å². The first-order chi connectivity index (χ1) is 7.11. The van der Waals surface area contributed by atoms with Gasteiger partial charge in [-0.3, -0.25) is 4.79 Å². The monoisotopic (exact) mass is 228 g/mol. The maximum Gasteiger partial charge on any atom is 0.227 e. The molecule has 0 radical (unpaired) electrons. The highest BCUT2D eigenvalue weighted by Gasteiger charge is 2.08. The van der Waals surface area contributed by atoms with E-state index in [1.165, 1.54) is 0 Å². The molecule has 1 heterocycles. The molecule has 0 aliphatic rings. The molecule has 0 aliphatic heterocycles. The second-order valence-electron chi connectivity index (χ2n) is 3.16. The second kappa shape index (κ2) is 5.63. The Morgan fingerprint density at radius 1 is 1.60 bits per heavy atom. The lowest BCUT2D eigenvalue weighted by molar-refractivity contribution is -0.116. The van der Waals surface area contributed by atoms with E-state index in [9.17, 15) is 4.79 Å². The van der Waals surface area contributed by atoms with E-state index >= 15 is 0 Å². The van der Waals surface area contributed by atoms with Crippen LogP contribution in [0, 0.1) is 0 Å². The Balaban J connectivity index is 2.48. The fraction of sp³-hybridized carbons (Fsp3) is 0.444. The molecule has 0 spiro atoms. The third-order valence-electron chi connectivity index (χ3n) is 1.87. The van der Waals surface area contributed by atoms with E-state index in [0.717, 1.165) is 6.42 Å². The lowest BCUT2D eigenvalue weighted by Gasteiger charge is -2.08. The summed E-state index contributed by atoms with van der Waals surface area (Å²) in [7, 11) is 0. The highest BCUT2D eigenvalue weighted by Crippen LogP contribution is 2.06. The zero-order valence-corrected chi connectivity index (χ0v) is 9.16. The van der Waals surface area contributed by atoms with Gasteiger partial charge in [-0.1, -0.05) is 18.5 Å². The van der Waals surface area contributed by atoms with Crippen molar-refractivity contribution in [3.8, 4) is 0 Å². The first-order valence-electron chi connectivity index (χ1n) is 4.66. The number of anilines is 1. The van der Waals surface area contributed by atoms with Gasteiger partial charge < -0.3 is 11.1 Å². The van der Waals surface area contributed by atoms with Crippen LogP contribution >= 0.6 is 11.6 Å². The van der Waals surface area contributed by atoms with Crippen molar-refractivity contribution in [1.29, 1.82) is 0 Å². The molecule has 0 aromatic carbocycles. The molecular weight excluding hydrogens is 216 g/mol. The summed E-state index contributed by atoms with van der Waals surface area (Å²) >= 11 is 5.55. The van der Waals surface area contributed by atoms with Gasteiger partial charge in [0.2, 0.25) is 5.91 Å². The van der Waals surface area contributed by atoms with Crippen LogP contribution in [0.25, 0.3) is 0 Å². The van der Waals surface area contributed by atoms with Gasteiger partial charge in [-0.2, -0.15) is 0 Å². The molecule has 0 fully saturated rings. The number of hydrogen-bond donors (Lipinski definition) is 2. The molecule has 1 aromatic heterocycles. The highest BCUT2D eigenvalue weighted by atomic mass is 35.5. The molecule has 6 heteroatoms. The number of nitrogens with two attached hydrogens (primary N) is 1. The molecule has 0 aliphatic carbocycles. The van der Waals surface area contributed by atoms with Crippen LogP contribution in [0.4, 0.5) is 5.82 Å². The van der Waals surface area contributed by atoms with Crippen molar-refractivity contribution in [2.75, 3.05) is 5.32 Å². The number of rotatable bonds is 4. The third kappa shape index (κ3) is 4.22. The van der Waals surface area contributed by atoms with Gasteiger partial charge in [0.15, 0.2) is 11.0 Å². The predicted molar refractivity (Wildman–Crippen MR) is 58.6 cm³/mol. The SMILES string of the molecule is CCC(N)CC(=O)Nc1ccc(Cl)nn1. The zero-order chi connectivity index (χ0) is 11.3. The maximum atomic E-state index is 11.4. The Hall–Kier alpha value is -1.20. The first kappa shape index (κ1) is 11.9. The minimum atomic E-state index is -0.166. The molecule has 3 N–H and O–H groups in total. The van der Waals surface area contributed by atoms with Crippen molar-refractivity contribution < 1.29 is 4.79 Å². The average molecular weight is 229 g/mol. The summed E-state index contributed by atoms with van der Waals surface area (Å²) in [5, 5.41) is 10.2. The number of amides is 1. The summed E-state index contributed by atoms with van der Waals surface area (Å²) in [5.41, 5.74) is 5.63. The number of nitrogens with one attached hydrogen (secondary N) is 1. The van der Waals surface area contributed by atoms with E-state index in [1.807, 2.05) is 6.92 Å². The minimum Gasteiger partial charge on any atom is -0.327 e. The molecule has 1 unspecified atom stereocenters. The summed E-state index contributed by atoms with van der Waals surface area (Å²) in [4.78, 5) is 11.4. The van der Waals surface area contributed by atoms with Crippen molar-refractivity contribution in [3.63, 3.8) is 0 Å². The van der Waals surface area contributed by atoms with E-state index in [4.69, 9.17) is 17.3 Å². The summed E-state index contributed by atoms with van der Waals surface area (Å²) < 4.78 is 0. The normalized spacial score (nSPS) is 12.2. The molecule has 0 bridgehead atoms. The van der Waals surface area contributed by atoms with Crippen LogP contribution in [0.1, 0.15) is 19.8 Å². The predicted octanol–water partition coefficient (Wildman–Crippen LogP) is 1.20. The molecule has 1 rings (SSSR count). The fourth-order valence-electron chi connectivity index (χ4n) is 0.959. The number of aromatic nitrogens is 2. The Bertz CT molecular complexity index is 327. The molecule has 1 amide bonds. The van der Waals surface area contributed by atoms with Crippen LogP contribution < -0.4 is 11.1 Å². The third-order valence-corrected chi connectivity index (χ3v) is 2.07. The van der Waals surface area contributed by atoms with Gasteiger partial charge in [-0.05, 0) is 18.6 Å². The van der Waals surface area contributed by atoms with E-state index in [-0.39, 0.29) is 18.4 Å². The van der Waals surface area contributed by atoms with E-state index < -0.39 is 0 Å². The summed E-state index contributed by atoms with van der Waals surface area (Å²) in [6.07, 6.45) is 1.04. The van der Waals surface area contributed by atoms with Crippen molar-refractivity contribution in [1.82, 2.24) is 10.2 Å². The smallest absolute Gasteiger partial charge is 0.227 e. The van der Waals surface area contributed by atoms with Crippen LogP contribution in [0.2, 0.25) is 5.15 Å². The maximum absolute atomic E-state index is 11.4. The van der Waals surface area contributed by atoms with E-state index in [1.54, 1.807) is 12.1 Å². The lowest BCUT2D eigenvalue weighted by Crippen LogP contribution is -2.26. The molecule has 5 nitrogen and oxygen atoms in total.